The number of hydrogen-bond acceptors (Lipinski definition) is 3. The molecule has 0 aromatic carbocycles. The van der Waals surface area contributed by atoms with E-state index in [1.807, 2.05) is 0 Å². The molecule has 0 aromatic heterocycles. The molecule has 11 heteroatoms. The molecule has 0 aliphatic heterocycles. The third kappa shape index (κ3) is 468. The first-order chi connectivity index (χ1) is 3.73. The molecule has 0 unspecified atom stereocenters. The minimum atomic E-state index is -4.67. The zero-order valence-corrected chi connectivity index (χ0v) is 11.7. The SMILES string of the molecule is O=S(=O)(O)O.O=[Si](O)O.[H-].[H-].[Na+].[Na+]. The Morgan fingerprint density at radius 1 is 1.09 bits per heavy atom. The average Bonchev–Trinajstić information content (AvgIpc) is 1.19. The fourth-order valence-electron chi connectivity index (χ4n) is 0. The molecule has 0 saturated carbocycles. The van der Waals surface area contributed by atoms with Crippen molar-refractivity contribution < 1.29 is 93.5 Å². The van der Waals surface area contributed by atoms with E-state index in [-0.39, 0.29) is 62.0 Å². The Kier molecular flexibility index (Phi) is 23.9. The van der Waals surface area contributed by atoms with Gasteiger partial charge in [0, 0.05) is 0 Å². The predicted molar refractivity (Wildman–Crippen MR) is 27.3 cm³/mol. The van der Waals surface area contributed by atoms with E-state index in [0.717, 1.165) is 0 Å². The van der Waals surface area contributed by atoms with Gasteiger partial charge >= 0.3 is 78.7 Å². The zero-order chi connectivity index (χ0) is 8.08. The largest absolute Gasteiger partial charge is 1.00 e. The van der Waals surface area contributed by atoms with Crippen LogP contribution in [-0.2, 0) is 14.9 Å². The van der Waals surface area contributed by atoms with Crippen LogP contribution in [0.2, 0.25) is 0 Å². The smallest absolute Gasteiger partial charge is 1.00 e. The fourth-order valence-corrected chi connectivity index (χ4v) is 0. The van der Waals surface area contributed by atoms with Crippen molar-refractivity contribution in [3.63, 3.8) is 0 Å². The van der Waals surface area contributed by atoms with Crippen LogP contribution < -0.4 is 59.1 Å². The van der Waals surface area contributed by atoms with Crippen LogP contribution in [0.15, 0.2) is 0 Å². The molecule has 0 rings (SSSR count). The Hall–Kier alpha value is 1.49. The zero-order valence-electron chi connectivity index (χ0n) is 7.92. The van der Waals surface area contributed by atoms with Gasteiger partial charge in [-0.15, -0.1) is 0 Å². The van der Waals surface area contributed by atoms with Crippen molar-refractivity contribution in [2.75, 3.05) is 0 Å². The predicted octanol–water partition coefficient (Wildman–Crippen LogP) is -8.03. The summed E-state index contributed by atoms with van der Waals surface area (Å²) in [6, 6.07) is 0. The van der Waals surface area contributed by atoms with Gasteiger partial charge in [-0.3, -0.25) is 13.6 Å². The van der Waals surface area contributed by atoms with Crippen LogP contribution in [0.3, 0.4) is 0 Å². The second kappa shape index (κ2) is 11.5. The molecule has 7 nitrogen and oxygen atoms in total. The van der Waals surface area contributed by atoms with E-state index in [4.69, 9.17) is 31.6 Å². The van der Waals surface area contributed by atoms with Crippen LogP contribution in [0.1, 0.15) is 2.85 Å². The second-order valence-corrected chi connectivity index (χ2v) is 2.19. The van der Waals surface area contributed by atoms with E-state index in [9.17, 15) is 0 Å². The first-order valence-corrected chi connectivity index (χ1v) is 4.05. The van der Waals surface area contributed by atoms with Gasteiger partial charge in [-0.25, -0.2) is 0 Å². The minimum absolute atomic E-state index is 0. The standard InChI is InChI=1S/2Na.H2O4S.H2O3Si.2H/c;;1-5(2,3)4;1-4(2)3;;/h;;(H2,1,2,3,4);1-2H;;/q2*+1;;;2*-1. The second-order valence-electron chi connectivity index (χ2n) is 0.730. The van der Waals surface area contributed by atoms with Crippen molar-refractivity contribution >= 4 is 19.6 Å². The third-order valence-corrected chi connectivity index (χ3v) is 0. The Bertz CT molecular complexity index is 167. The van der Waals surface area contributed by atoms with Crippen molar-refractivity contribution in [3.05, 3.63) is 0 Å². The Labute approximate surface area is 112 Å². The molecule has 0 atom stereocenters. The van der Waals surface area contributed by atoms with Crippen molar-refractivity contribution in [1.82, 2.24) is 0 Å². The fraction of sp³-hybridized carbons (Fsp3) is 0. The van der Waals surface area contributed by atoms with Gasteiger partial charge in [0.25, 0.3) is 0 Å². The summed E-state index contributed by atoms with van der Waals surface area (Å²) in [6.45, 7) is 0. The van der Waals surface area contributed by atoms with E-state index in [0.29, 0.717) is 0 Å². The molecule has 4 N–H and O–H groups in total. The van der Waals surface area contributed by atoms with Gasteiger partial charge in [0.15, 0.2) is 0 Å². The summed E-state index contributed by atoms with van der Waals surface area (Å²) in [6.07, 6.45) is 0. The Morgan fingerprint density at radius 3 is 1.09 bits per heavy atom. The Balaban J connectivity index is -0.0000000146. The maximum atomic E-state index is 8.74. The minimum Gasteiger partial charge on any atom is -1.00 e. The van der Waals surface area contributed by atoms with Crippen LogP contribution >= 0.6 is 0 Å². The molecule has 0 aliphatic carbocycles. The van der Waals surface area contributed by atoms with E-state index < -0.39 is 19.6 Å². The molecule has 0 fully saturated rings. The van der Waals surface area contributed by atoms with Crippen molar-refractivity contribution in [3.8, 4) is 0 Å². The molecule has 0 aliphatic rings. The van der Waals surface area contributed by atoms with Gasteiger partial charge < -0.3 is 12.4 Å². The summed E-state index contributed by atoms with van der Waals surface area (Å²) in [7, 11) is -7.80. The monoisotopic (exact) mass is 224 g/mol. The maximum absolute atomic E-state index is 8.74. The Morgan fingerprint density at radius 2 is 1.09 bits per heavy atom. The summed E-state index contributed by atoms with van der Waals surface area (Å²) < 4.78 is 40.3. The van der Waals surface area contributed by atoms with Gasteiger partial charge in [-0.2, -0.15) is 8.42 Å². The van der Waals surface area contributed by atoms with Crippen LogP contribution in [0.4, 0.5) is 0 Å². The van der Waals surface area contributed by atoms with Gasteiger partial charge in [-0.05, 0) is 0 Å². The van der Waals surface area contributed by atoms with Gasteiger partial charge in [0.2, 0.25) is 0 Å². The molecule has 0 radical (unpaired) electrons. The number of rotatable bonds is 0. The normalized spacial score (nSPS) is 7.45. The van der Waals surface area contributed by atoms with E-state index >= 15 is 0 Å². The van der Waals surface area contributed by atoms with Crippen LogP contribution in [-0.4, -0.2) is 36.3 Å². The molecule has 0 bridgehead atoms. The summed E-state index contributed by atoms with van der Waals surface area (Å²) >= 11 is 0. The molecule has 0 aromatic rings. The van der Waals surface area contributed by atoms with Crippen LogP contribution in [0, 0.1) is 0 Å². The molecule has 0 saturated heterocycles. The van der Waals surface area contributed by atoms with Crippen LogP contribution in [0.25, 0.3) is 0 Å². The summed E-state index contributed by atoms with van der Waals surface area (Å²) in [5, 5.41) is 0. The van der Waals surface area contributed by atoms with Crippen molar-refractivity contribution in [1.29, 1.82) is 0 Å². The summed E-state index contributed by atoms with van der Waals surface area (Å²) in [5.41, 5.74) is 0. The molecule has 60 valence electrons. The van der Waals surface area contributed by atoms with E-state index in [1.165, 1.54) is 0 Å². The summed E-state index contributed by atoms with van der Waals surface area (Å²) in [4.78, 5) is 14.3. The van der Waals surface area contributed by atoms with Gasteiger partial charge in [0.05, 0.1) is 0 Å². The molecule has 0 heterocycles. The average molecular weight is 224 g/mol. The van der Waals surface area contributed by atoms with Gasteiger partial charge in [0.1, 0.15) is 0 Å². The quantitative estimate of drug-likeness (QED) is 0.237. The molecule has 11 heavy (non-hydrogen) atoms. The van der Waals surface area contributed by atoms with Crippen molar-refractivity contribution in [2.24, 2.45) is 0 Å². The van der Waals surface area contributed by atoms with Gasteiger partial charge in [-0.1, -0.05) is 0 Å². The first kappa shape index (κ1) is 22.9. The first-order valence-electron chi connectivity index (χ1n) is 1.35. The molecular weight excluding hydrogens is 218 g/mol. The van der Waals surface area contributed by atoms with E-state index in [2.05, 4.69) is 0 Å². The van der Waals surface area contributed by atoms with Crippen molar-refractivity contribution in [2.45, 2.75) is 0 Å². The number of hydrogen-bond donors (Lipinski definition) is 4. The molecular formula is H6Na2O7SSi. The maximum Gasteiger partial charge on any atom is 1.00 e. The van der Waals surface area contributed by atoms with E-state index in [1.54, 1.807) is 0 Å². The third-order valence-electron chi connectivity index (χ3n) is 0. The molecule has 0 spiro atoms. The molecule has 0 amide bonds. The van der Waals surface area contributed by atoms with Crippen LogP contribution in [0.5, 0.6) is 0 Å². The summed E-state index contributed by atoms with van der Waals surface area (Å²) in [5.74, 6) is 0. The topological polar surface area (TPSA) is 132 Å².